The first-order valence-electron chi connectivity index (χ1n) is 9.19. The molecule has 7 heteroatoms. The third-order valence-corrected chi connectivity index (χ3v) is 4.85. The number of nitrogens with one attached hydrogen (secondary N) is 1. The quantitative estimate of drug-likeness (QED) is 0.707. The maximum atomic E-state index is 13.4. The molecule has 2 N–H and O–H groups in total. The molecule has 1 aliphatic heterocycles. The molecule has 1 saturated heterocycles. The molecular formula is C21H20FN3O3. The first kappa shape index (κ1) is 18.3. The monoisotopic (exact) mass is 381 g/mol. The van der Waals surface area contributed by atoms with E-state index in [0.29, 0.717) is 29.2 Å². The number of rotatable bonds is 4. The Labute approximate surface area is 161 Å². The van der Waals surface area contributed by atoms with Crippen LogP contribution in [-0.4, -0.2) is 39.8 Å². The number of fused-ring (bicyclic) bond motifs is 1. The fourth-order valence-corrected chi connectivity index (χ4v) is 3.42. The second kappa shape index (κ2) is 7.52. The van der Waals surface area contributed by atoms with Gasteiger partial charge < -0.3 is 15.2 Å². The van der Waals surface area contributed by atoms with E-state index >= 15 is 0 Å². The average Bonchev–Trinajstić information content (AvgIpc) is 2.68. The summed E-state index contributed by atoms with van der Waals surface area (Å²) in [5.74, 6) is -0.781. The van der Waals surface area contributed by atoms with E-state index in [-0.39, 0.29) is 23.5 Å². The van der Waals surface area contributed by atoms with Crippen molar-refractivity contribution < 1.29 is 19.0 Å². The van der Waals surface area contributed by atoms with Crippen LogP contribution in [0.15, 0.2) is 42.5 Å². The molecule has 1 aliphatic rings. The van der Waals surface area contributed by atoms with Gasteiger partial charge in [-0.2, -0.15) is 0 Å². The van der Waals surface area contributed by atoms with E-state index in [1.54, 1.807) is 18.2 Å². The summed E-state index contributed by atoms with van der Waals surface area (Å²) in [6, 6.07) is 10.9. The third kappa shape index (κ3) is 3.80. The van der Waals surface area contributed by atoms with Crippen LogP contribution in [0, 0.1) is 5.82 Å². The molecule has 144 valence electrons. The lowest BCUT2D eigenvalue weighted by Gasteiger charge is -2.29. The molecule has 0 amide bonds. The Morgan fingerprint density at radius 1 is 1.18 bits per heavy atom. The van der Waals surface area contributed by atoms with Crippen molar-refractivity contribution in [1.29, 1.82) is 0 Å². The summed E-state index contributed by atoms with van der Waals surface area (Å²) >= 11 is 0. The standard InChI is InChI=1S/C21H20FN3O3/c1-12-10-16(8-9-28-12)23-20-19(13-2-5-15(22)6-3-13)24-17-7-4-14(21(26)27)11-18(17)25-20/h2-7,11-12,16H,8-10H2,1H3,(H,23,25)(H,26,27). The molecule has 28 heavy (non-hydrogen) atoms. The predicted molar refractivity (Wildman–Crippen MR) is 104 cm³/mol. The normalized spacial score (nSPS) is 19.5. The van der Waals surface area contributed by atoms with E-state index in [2.05, 4.69) is 15.3 Å². The van der Waals surface area contributed by atoms with Crippen molar-refractivity contribution >= 4 is 22.8 Å². The van der Waals surface area contributed by atoms with Gasteiger partial charge >= 0.3 is 5.97 Å². The van der Waals surface area contributed by atoms with Crippen LogP contribution >= 0.6 is 0 Å². The lowest BCUT2D eigenvalue weighted by Crippen LogP contribution is -2.33. The number of aromatic carboxylic acids is 1. The molecule has 2 aromatic carbocycles. The van der Waals surface area contributed by atoms with E-state index < -0.39 is 5.97 Å². The van der Waals surface area contributed by atoms with Gasteiger partial charge in [0.05, 0.1) is 22.7 Å². The Bertz CT molecular complexity index is 1020. The van der Waals surface area contributed by atoms with Gasteiger partial charge in [0, 0.05) is 18.2 Å². The predicted octanol–water partition coefficient (Wildman–Crippen LogP) is 4.11. The van der Waals surface area contributed by atoms with Gasteiger partial charge in [-0.05, 0) is 62.2 Å². The minimum atomic E-state index is -1.01. The number of hydrogen-bond donors (Lipinski definition) is 2. The number of ether oxygens (including phenoxy) is 1. The molecule has 0 radical (unpaired) electrons. The van der Waals surface area contributed by atoms with Crippen molar-refractivity contribution in [2.75, 3.05) is 11.9 Å². The van der Waals surface area contributed by atoms with E-state index in [9.17, 15) is 14.3 Å². The molecule has 6 nitrogen and oxygen atoms in total. The first-order chi connectivity index (χ1) is 13.5. The number of nitrogens with zero attached hydrogens (tertiary/aromatic N) is 2. The Kier molecular flexibility index (Phi) is 4.92. The van der Waals surface area contributed by atoms with Gasteiger partial charge in [-0.1, -0.05) is 0 Å². The number of aromatic nitrogens is 2. The van der Waals surface area contributed by atoms with Gasteiger partial charge in [-0.15, -0.1) is 0 Å². The lowest BCUT2D eigenvalue weighted by molar-refractivity contribution is 0.0232. The lowest BCUT2D eigenvalue weighted by atomic mass is 10.0. The van der Waals surface area contributed by atoms with Gasteiger partial charge in [0.15, 0.2) is 5.82 Å². The number of benzene rings is 2. The average molecular weight is 381 g/mol. The summed E-state index contributed by atoms with van der Waals surface area (Å²) < 4.78 is 19.0. The van der Waals surface area contributed by atoms with E-state index in [1.165, 1.54) is 24.3 Å². The molecule has 1 aromatic heterocycles. The number of carbonyl (C=O) groups is 1. The molecular weight excluding hydrogens is 361 g/mol. The fraction of sp³-hybridized carbons (Fsp3) is 0.286. The van der Waals surface area contributed by atoms with Crippen molar-refractivity contribution in [3.63, 3.8) is 0 Å². The van der Waals surface area contributed by atoms with E-state index in [4.69, 9.17) is 4.74 Å². The van der Waals surface area contributed by atoms with Crippen molar-refractivity contribution in [3.8, 4) is 11.3 Å². The third-order valence-electron chi connectivity index (χ3n) is 4.85. The molecule has 2 unspecified atom stereocenters. The molecule has 2 heterocycles. The van der Waals surface area contributed by atoms with Gasteiger partial charge in [-0.3, -0.25) is 0 Å². The summed E-state index contributed by atoms with van der Waals surface area (Å²) in [5.41, 5.74) is 2.57. The summed E-state index contributed by atoms with van der Waals surface area (Å²) in [6.07, 6.45) is 1.81. The van der Waals surface area contributed by atoms with Crippen molar-refractivity contribution in [3.05, 3.63) is 53.8 Å². The van der Waals surface area contributed by atoms with E-state index in [0.717, 1.165) is 18.4 Å². The van der Waals surface area contributed by atoms with Crippen LogP contribution in [0.1, 0.15) is 30.1 Å². The van der Waals surface area contributed by atoms with Gasteiger partial charge in [0.2, 0.25) is 0 Å². The number of anilines is 1. The topological polar surface area (TPSA) is 84.3 Å². The Hall–Kier alpha value is -3.06. The summed E-state index contributed by atoms with van der Waals surface area (Å²) in [4.78, 5) is 20.6. The first-order valence-corrected chi connectivity index (χ1v) is 9.19. The molecule has 0 spiro atoms. The Morgan fingerprint density at radius 3 is 2.68 bits per heavy atom. The molecule has 2 atom stereocenters. The number of carboxylic acids is 1. The SMILES string of the molecule is CC1CC(Nc2nc3cc(C(=O)O)ccc3nc2-c2ccc(F)cc2)CCO1. The highest BCUT2D eigenvalue weighted by Crippen LogP contribution is 2.29. The minimum Gasteiger partial charge on any atom is -0.478 e. The zero-order chi connectivity index (χ0) is 19.7. The summed E-state index contributed by atoms with van der Waals surface area (Å²) in [7, 11) is 0. The second-order valence-corrected chi connectivity index (χ2v) is 6.98. The molecule has 0 saturated carbocycles. The van der Waals surface area contributed by atoms with Crippen LogP contribution in [0.5, 0.6) is 0 Å². The highest BCUT2D eigenvalue weighted by Gasteiger charge is 2.22. The smallest absolute Gasteiger partial charge is 0.335 e. The molecule has 4 rings (SSSR count). The zero-order valence-corrected chi connectivity index (χ0v) is 15.4. The highest BCUT2D eigenvalue weighted by atomic mass is 19.1. The zero-order valence-electron chi connectivity index (χ0n) is 15.4. The molecule has 3 aromatic rings. The Morgan fingerprint density at radius 2 is 1.96 bits per heavy atom. The second-order valence-electron chi connectivity index (χ2n) is 6.98. The molecule has 0 aliphatic carbocycles. The maximum Gasteiger partial charge on any atom is 0.335 e. The van der Waals surface area contributed by atoms with Crippen molar-refractivity contribution in [2.45, 2.75) is 31.9 Å². The van der Waals surface area contributed by atoms with Crippen LogP contribution < -0.4 is 5.32 Å². The highest BCUT2D eigenvalue weighted by molar-refractivity contribution is 5.93. The Balaban J connectivity index is 1.80. The molecule has 0 bridgehead atoms. The minimum absolute atomic E-state index is 0.146. The largest absolute Gasteiger partial charge is 0.478 e. The van der Waals surface area contributed by atoms with Crippen molar-refractivity contribution in [2.24, 2.45) is 0 Å². The fourth-order valence-electron chi connectivity index (χ4n) is 3.42. The summed E-state index contributed by atoms with van der Waals surface area (Å²) in [6.45, 7) is 2.69. The molecule has 1 fully saturated rings. The van der Waals surface area contributed by atoms with Crippen LogP contribution in [0.4, 0.5) is 10.2 Å². The van der Waals surface area contributed by atoms with Gasteiger partial charge in [0.25, 0.3) is 0 Å². The number of hydrogen-bond acceptors (Lipinski definition) is 5. The summed E-state index contributed by atoms with van der Waals surface area (Å²) in [5, 5.41) is 12.7. The van der Waals surface area contributed by atoms with Gasteiger partial charge in [-0.25, -0.2) is 19.2 Å². The van der Waals surface area contributed by atoms with Crippen molar-refractivity contribution in [1.82, 2.24) is 9.97 Å². The maximum absolute atomic E-state index is 13.4. The van der Waals surface area contributed by atoms with Gasteiger partial charge in [0.1, 0.15) is 11.5 Å². The number of carboxylic acid groups (broad SMARTS) is 1. The van der Waals surface area contributed by atoms with Crippen LogP contribution in [0.2, 0.25) is 0 Å². The van der Waals surface area contributed by atoms with Crippen LogP contribution in [0.25, 0.3) is 22.3 Å². The van der Waals surface area contributed by atoms with E-state index in [1.807, 2.05) is 6.92 Å². The number of halogens is 1. The van der Waals surface area contributed by atoms with Crippen LogP contribution in [0.3, 0.4) is 0 Å². The van der Waals surface area contributed by atoms with Crippen LogP contribution in [-0.2, 0) is 4.74 Å².